The summed E-state index contributed by atoms with van der Waals surface area (Å²) in [6.45, 7) is 8.86. The first kappa shape index (κ1) is 16.5. The summed E-state index contributed by atoms with van der Waals surface area (Å²) in [5, 5.41) is 3.35. The Labute approximate surface area is 131 Å². The molecule has 1 aliphatic heterocycles. The number of amides is 1. The SMILES string of the molecule is CC(=O)c1cccc(OC(C)C(=O)N2CCNC(C)C2C)c1. The summed E-state index contributed by atoms with van der Waals surface area (Å²) in [4.78, 5) is 25.9. The molecule has 3 unspecified atom stereocenters. The zero-order valence-electron chi connectivity index (χ0n) is 13.6. The predicted molar refractivity (Wildman–Crippen MR) is 85.2 cm³/mol. The van der Waals surface area contributed by atoms with E-state index in [2.05, 4.69) is 12.2 Å². The van der Waals surface area contributed by atoms with Gasteiger partial charge in [-0.1, -0.05) is 12.1 Å². The number of carbonyl (C=O) groups excluding carboxylic acids is 2. The van der Waals surface area contributed by atoms with Crippen LogP contribution in [-0.4, -0.2) is 47.9 Å². The lowest BCUT2D eigenvalue weighted by Crippen LogP contribution is -2.59. The fraction of sp³-hybridized carbons (Fsp3) is 0.529. The van der Waals surface area contributed by atoms with Crippen LogP contribution in [0.15, 0.2) is 24.3 Å². The van der Waals surface area contributed by atoms with Gasteiger partial charge in [-0.3, -0.25) is 9.59 Å². The molecule has 0 spiro atoms. The molecule has 0 aromatic heterocycles. The molecule has 1 amide bonds. The zero-order chi connectivity index (χ0) is 16.3. The smallest absolute Gasteiger partial charge is 0.263 e. The summed E-state index contributed by atoms with van der Waals surface area (Å²) in [6, 6.07) is 7.35. The molecule has 5 heteroatoms. The molecule has 0 bridgehead atoms. The Morgan fingerprint density at radius 3 is 2.77 bits per heavy atom. The summed E-state index contributed by atoms with van der Waals surface area (Å²) in [6.07, 6.45) is -0.574. The molecule has 22 heavy (non-hydrogen) atoms. The molecule has 0 saturated carbocycles. The summed E-state index contributed by atoms with van der Waals surface area (Å²) < 4.78 is 5.74. The van der Waals surface area contributed by atoms with Gasteiger partial charge in [-0.25, -0.2) is 0 Å². The number of hydrogen-bond donors (Lipinski definition) is 1. The Bertz CT molecular complexity index is 559. The standard InChI is InChI=1S/C17H24N2O3/c1-11-12(2)19(9-8-18-11)17(21)14(4)22-16-7-5-6-15(10-16)13(3)20/h5-7,10-12,14,18H,8-9H2,1-4H3. The van der Waals surface area contributed by atoms with Gasteiger partial charge in [0.2, 0.25) is 0 Å². The molecule has 2 rings (SSSR count). The van der Waals surface area contributed by atoms with Crippen LogP contribution >= 0.6 is 0 Å². The molecular formula is C17H24N2O3. The zero-order valence-corrected chi connectivity index (χ0v) is 13.6. The van der Waals surface area contributed by atoms with Gasteiger partial charge in [-0.15, -0.1) is 0 Å². The topological polar surface area (TPSA) is 58.6 Å². The Balaban J connectivity index is 2.05. The summed E-state index contributed by atoms with van der Waals surface area (Å²) in [7, 11) is 0. The van der Waals surface area contributed by atoms with E-state index in [1.165, 1.54) is 6.92 Å². The second kappa shape index (κ2) is 6.92. The molecule has 1 aliphatic rings. The van der Waals surface area contributed by atoms with Gasteiger partial charge in [-0.05, 0) is 39.8 Å². The molecule has 5 nitrogen and oxygen atoms in total. The minimum atomic E-state index is -0.574. The number of piperazine rings is 1. The van der Waals surface area contributed by atoms with E-state index in [-0.39, 0.29) is 23.8 Å². The molecule has 1 saturated heterocycles. The number of nitrogens with one attached hydrogen (secondary N) is 1. The predicted octanol–water partition coefficient (Wildman–Crippen LogP) is 1.87. The first-order valence-electron chi connectivity index (χ1n) is 7.71. The third kappa shape index (κ3) is 3.65. The lowest BCUT2D eigenvalue weighted by molar-refractivity contribution is -0.141. The van der Waals surface area contributed by atoms with Crippen molar-refractivity contribution in [3.8, 4) is 5.75 Å². The van der Waals surface area contributed by atoms with E-state index in [9.17, 15) is 9.59 Å². The number of ketones is 1. The van der Waals surface area contributed by atoms with Crippen molar-refractivity contribution < 1.29 is 14.3 Å². The molecule has 0 aliphatic carbocycles. The van der Waals surface area contributed by atoms with Gasteiger partial charge in [0.05, 0.1) is 0 Å². The molecule has 1 aromatic rings. The second-order valence-corrected chi connectivity index (χ2v) is 5.86. The van der Waals surface area contributed by atoms with Crippen LogP contribution in [0, 0.1) is 0 Å². The van der Waals surface area contributed by atoms with E-state index >= 15 is 0 Å². The van der Waals surface area contributed by atoms with Gasteiger partial charge in [0, 0.05) is 30.7 Å². The van der Waals surface area contributed by atoms with Crippen LogP contribution in [0.25, 0.3) is 0 Å². The molecule has 1 fully saturated rings. The van der Waals surface area contributed by atoms with Gasteiger partial charge in [0.25, 0.3) is 5.91 Å². The van der Waals surface area contributed by atoms with E-state index in [1.807, 2.05) is 11.8 Å². The fourth-order valence-corrected chi connectivity index (χ4v) is 2.64. The largest absolute Gasteiger partial charge is 0.481 e. The van der Waals surface area contributed by atoms with E-state index < -0.39 is 6.10 Å². The van der Waals surface area contributed by atoms with Crippen molar-refractivity contribution in [2.45, 2.75) is 45.9 Å². The van der Waals surface area contributed by atoms with Crippen LogP contribution in [0.1, 0.15) is 38.1 Å². The maximum absolute atomic E-state index is 12.6. The average molecular weight is 304 g/mol. The monoisotopic (exact) mass is 304 g/mol. The van der Waals surface area contributed by atoms with Gasteiger partial charge in [0.15, 0.2) is 11.9 Å². The van der Waals surface area contributed by atoms with Crippen LogP contribution in [0.4, 0.5) is 0 Å². The van der Waals surface area contributed by atoms with Gasteiger partial charge in [0.1, 0.15) is 5.75 Å². The molecule has 1 aromatic carbocycles. The highest BCUT2D eigenvalue weighted by molar-refractivity contribution is 5.94. The van der Waals surface area contributed by atoms with Crippen LogP contribution in [-0.2, 0) is 4.79 Å². The van der Waals surface area contributed by atoms with E-state index in [1.54, 1.807) is 31.2 Å². The highest BCUT2D eigenvalue weighted by atomic mass is 16.5. The Morgan fingerprint density at radius 2 is 2.09 bits per heavy atom. The summed E-state index contributed by atoms with van der Waals surface area (Å²) >= 11 is 0. The Hall–Kier alpha value is -1.88. The quantitative estimate of drug-likeness (QED) is 0.863. The molecule has 0 radical (unpaired) electrons. The third-order valence-corrected chi connectivity index (χ3v) is 4.22. The minimum absolute atomic E-state index is 0.0194. The van der Waals surface area contributed by atoms with E-state index in [4.69, 9.17) is 4.74 Å². The van der Waals surface area contributed by atoms with Gasteiger partial charge < -0.3 is 15.0 Å². The van der Waals surface area contributed by atoms with Crippen molar-refractivity contribution in [1.82, 2.24) is 10.2 Å². The first-order chi connectivity index (χ1) is 10.4. The maximum Gasteiger partial charge on any atom is 0.263 e. The number of benzene rings is 1. The highest BCUT2D eigenvalue weighted by Gasteiger charge is 2.31. The van der Waals surface area contributed by atoms with Crippen LogP contribution in [0.5, 0.6) is 5.75 Å². The normalized spacial score (nSPS) is 23.0. The molecular weight excluding hydrogens is 280 g/mol. The number of Topliss-reactive ketones (excluding diaryl/α,β-unsaturated/α-hetero) is 1. The second-order valence-electron chi connectivity index (χ2n) is 5.86. The highest BCUT2D eigenvalue weighted by Crippen LogP contribution is 2.18. The van der Waals surface area contributed by atoms with Crippen molar-refractivity contribution in [2.75, 3.05) is 13.1 Å². The van der Waals surface area contributed by atoms with Crippen molar-refractivity contribution in [3.05, 3.63) is 29.8 Å². The van der Waals surface area contributed by atoms with Crippen LogP contribution in [0.3, 0.4) is 0 Å². The Kier molecular flexibility index (Phi) is 5.19. The Morgan fingerprint density at radius 1 is 1.36 bits per heavy atom. The van der Waals surface area contributed by atoms with Crippen LogP contribution < -0.4 is 10.1 Å². The minimum Gasteiger partial charge on any atom is -0.481 e. The number of hydrogen-bond acceptors (Lipinski definition) is 4. The van der Waals surface area contributed by atoms with Crippen molar-refractivity contribution >= 4 is 11.7 Å². The summed E-state index contributed by atoms with van der Waals surface area (Å²) in [5.41, 5.74) is 0.585. The molecule has 1 heterocycles. The first-order valence-corrected chi connectivity index (χ1v) is 7.71. The lowest BCUT2D eigenvalue weighted by atomic mass is 10.1. The van der Waals surface area contributed by atoms with Crippen LogP contribution in [0.2, 0.25) is 0 Å². The van der Waals surface area contributed by atoms with E-state index in [0.29, 0.717) is 17.9 Å². The van der Waals surface area contributed by atoms with Gasteiger partial charge >= 0.3 is 0 Å². The molecule has 3 atom stereocenters. The van der Waals surface area contributed by atoms with Gasteiger partial charge in [-0.2, -0.15) is 0 Å². The number of nitrogens with zero attached hydrogens (tertiary/aromatic N) is 1. The number of ether oxygens (including phenoxy) is 1. The van der Waals surface area contributed by atoms with Crippen molar-refractivity contribution in [3.63, 3.8) is 0 Å². The molecule has 1 N–H and O–H groups in total. The third-order valence-electron chi connectivity index (χ3n) is 4.22. The van der Waals surface area contributed by atoms with Crippen molar-refractivity contribution in [1.29, 1.82) is 0 Å². The average Bonchev–Trinajstić information content (AvgIpc) is 2.49. The lowest BCUT2D eigenvalue weighted by Gasteiger charge is -2.39. The summed E-state index contributed by atoms with van der Waals surface area (Å²) in [5.74, 6) is 0.507. The fourth-order valence-electron chi connectivity index (χ4n) is 2.64. The van der Waals surface area contributed by atoms with Crippen molar-refractivity contribution in [2.24, 2.45) is 0 Å². The number of rotatable bonds is 4. The number of carbonyl (C=O) groups is 2. The molecule has 120 valence electrons. The van der Waals surface area contributed by atoms with E-state index in [0.717, 1.165) is 6.54 Å². The maximum atomic E-state index is 12.6.